The lowest BCUT2D eigenvalue weighted by atomic mass is 10.3. The Morgan fingerprint density at radius 1 is 0.950 bits per heavy atom. The molecule has 0 radical (unpaired) electrons. The van der Waals surface area contributed by atoms with E-state index >= 15 is 0 Å². The van der Waals surface area contributed by atoms with Gasteiger partial charge in [-0.15, -0.1) is 0 Å². The molecular weight excluding hydrogens is 288 g/mol. The molecule has 0 rings (SSSR count). The van der Waals surface area contributed by atoms with Crippen molar-refractivity contribution in [2.75, 3.05) is 13.2 Å². The third-order valence-corrected chi connectivity index (χ3v) is 1.52. The molecule has 7 nitrogen and oxygen atoms in total. The first-order valence-corrected chi connectivity index (χ1v) is 7.48. The topological polar surface area (TPSA) is 113 Å². The fourth-order valence-corrected chi connectivity index (χ4v) is 0.875. The Balaban J connectivity index is -0.000000230. The highest BCUT2D eigenvalue weighted by molar-refractivity contribution is 7.73. The van der Waals surface area contributed by atoms with Crippen LogP contribution >= 0.6 is 0 Å². The summed E-state index contributed by atoms with van der Waals surface area (Å²) in [6, 6.07) is 0. The predicted molar refractivity (Wildman–Crippen MR) is 74.6 cm³/mol. The smallest absolute Gasteiger partial charge is 0.305 e. The van der Waals surface area contributed by atoms with Crippen LogP contribution in [0.5, 0.6) is 0 Å². The van der Waals surface area contributed by atoms with Crippen molar-refractivity contribution in [2.45, 2.75) is 53.4 Å². The summed E-state index contributed by atoms with van der Waals surface area (Å²) in [5, 5.41) is 0. The Bertz CT molecular complexity index is 216. The summed E-state index contributed by atoms with van der Waals surface area (Å²) in [4.78, 5) is 20.8. The average Bonchev–Trinajstić information content (AvgIpc) is 2.30. The highest BCUT2D eigenvalue weighted by atomic mass is 32.2. The zero-order valence-electron chi connectivity index (χ0n) is 12.5. The van der Waals surface area contributed by atoms with Gasteiger partial charge in [-0.1, -0.05) is 13.8 Å². The summed E-state index contributed by atoms with van der Waals surface area (Å²) in [5.41, 5.74) is 0. The van der Waals surface area contributed by atoms with Crippen molar-refractivity contribution in [3.63, 3.8) is 0 Å². The van der Waals surface area contributed by atoms with Gasteiger partial charge in [0.15, 0.2) is 0 Å². The molecule has 0 saturated heterocycles. The lowest BCUT2D eigenvalue weighted by Crippen LogP contribution is -2.01. The monoisotopic (exact) mass is 313 g/mol. The van der Waals surface area contributed by atoms with Gasteiger partial charge in [0.25, 0.3) is 0 Å². The second-order valence-electron chi connectivity index (χ2n) is 3.33. The molecule has 1 N–H and O–H groups in total. The summed E-state index contributed by atoms with van der Waals surface area (Å²) < 4.78 is 33.4. The minimum Gasteiger partial charge on any atom is -0.750 e. The maximum atomic E-state index is 10.4. The van der Waals surface area contributed by atoms with E-state index in [0.717, 1.165) is 12.8 Å². The van der Waals surface area contributed by atoms with Crippen LogP contribution in [-0.4, -0.2) is 38.5 Å². The van der Waals surface area contributed by atoms with Crippen LogP contribution < -0.4 is 0 Å². The van der Waals surface area contributed by atoms with E-state index in [1.165, 1.54) is 0 Å². The Kier molecular flexibility index (Phi) is 24.5. The van der Waals surface area contributed by atoms with Gasteiger partial charge in [-0.3, -0.25) is 9.59 Å². The van der Waals surface area contributed by atoms with Gasteiger partial charge in [-0.25, -0.2) is 4.21 Å². The van der Waals surface area contributed by atoms with E-state index in [-0.39, 0.29) is 11.9 Å². The molecule has 0 fully saturated rings. The molecule has 0 aliphatic rings. The molecular formula is C12H25O7S-. The lowest BCUT2D eigenvalue weighted by Gasteiger charge is -1.96. The van der Waals surface area contributed by atoms with Gasteiger partial charge in [0, 0.05) is 12.8 Å². The third-order valence-electron chi connectivity index (χ3n) is 1.52. The van der Waals surface area contributed by atoms with Gasteiger partial charge in [0.05, 0.1) is 24.6 Å². The molecule has 0 amide bonds. The fraction of sp³-hybridized carbons (Fsp3) is 0.833. The van der Waals surface area contributed by atoms with Crippen LogP contribution in [0, 0.1) is 0 Å². The van der Waals surface area contributed by atoms with E-state index in [0.29, 0.717) is 26.1 Å². The molecule has 0 aromatic carbocycles. The maximum absolute atomic E-state index is 10.4. The quantitative estimate of drug-likeness (QED) is 0.589. The van der Waals surface area contributed by atoms with Crippen LogP contribution in [0.25, 0.3) is 0 Å². The first kappa shape index (κ1) is 24.1. The summed E-state index contributed by atoms with van der Waals surface area (Å²) >= 11 is -2.86. The highest BCUT2D eigenvalue weighted by Crippen LogP contribution is 1.89. The number of rotatable bonds is 6. The van der Waals surface area contributed by atoms with E-state index < -0.39 is 11.4 Å². The van der Waals surface area contributed by atoms with Crippen LogP contribution in [-0.2, 0) is 30.4 Å². The van der Waals surface area contributed by atoms with E-state index in [1.54, 1.807) is 0 Å². The Morgan fingerprint density at radius 3 is 1.35 bits per heavy atom. The molecule has 0 bridgehead atoms. The standard InChI is InChI=1S/2C6H12O2.H2O3S/c2*1-3-5-6(7)8-4-2;1-4(2)3/h2*3-5H2,1-2H3;(H2,1,2,3)/p-1. The van der Waals surface area contributed by atoms with Crippen LogP contribution in [0.3, 0.4) is 0 Å². The zero-order chi connectivity index (χ0) is 16.4. The minimum atomic E-state index is -2.86. The van der Waals surface area contributed by atoms with E-state index in [1.807, 2.05) is 27.7 Å². The van der Waals surface area contributed by atoms with Crippen LogP contribution in [0.1, 0.15) is 53.4 Å². The van der Waals surface area contributed by atoms with Crippen molar-refractivity contribution in [3.05, 3.63) is 0 Å². The summed E-state index contributed by atoms with van der Waals surface area (Å²) in [5.74, 6) is -0.176. The number of ether oxygens (including phenoxy) is 2. The van der Waals surface area contributed by atoms with E-state index in [2.05, 4.69) is 9.47 Å². The van der Waals surface area contributed by atoms with Gasteiger partial charge in [-0.05, 0) is 26.7 Å². The van der Waals surface area contributed by atoms with Crippen molar-refractivity contribution in [2.24, 2.45) is 0 Å². The largest absolute Gasteiger partial charge is 0.750 e. The van der Waals surface area contributed by atoms with Crippen LogP contribution in [0.2, 0.25) is 0 Å². The SMILES string of the molecule is CCCC(=O)OCC.CCCC(=O)OCC.O=S([O-])O. The van der Waals surface area contributed by atoms with Gasteiger partial charge in [0.1, 0.15) is 0 Å². The first-order chi connectivity index (χ1) is 9.35. The molecule has 0 heterocycles. The maximum Gasteiger partial charge on any atom is 0.305 e. The van der Waals surface area contributed by atoms with Crippen molar-refractivity contribution in [1.29, 1.82) is 0 Å². The molecule has 8 heteroatoms. The van der Waals surface area contributed by atoms with Gasteiger partial charge >= 0.3 is 11.9 Å². The molecule has 1 unspecified atom stereocenters. The molecule has 0 spiro atoms. The minimum absolute atomic E-state index is 0.0880. The average molecular weight is 313 g/mol. The fourth-order valence-electron chi connectivity index (χ4n) is 0.875. The Labute approximate surface area is 123 Å². The number of carbonyl (C=O) groups excluding carboxylic acids is 2. The first-order valence-electron chi connectivity index (χ1n) is 6.45. The summed E-state index contributed by atoms with van der Waals surface area (Å²) in [6.45, 7) is 8.53. The van der Waals surface area contributed by atoms with Crippen LogP contribution in [0.15, 0.2) is 0 Å². The molecule has 0 aromatic heterocycles. The summed E-state index contributed by atoms with van der Waals surface area (Å²) in [6.07, 6.45) is 2.85. The van der Waals surface area contributed by atoms with Crippen molar-refractivity contribution >= 4 is 23.3 Å². The Morgan fingerprint density at radius 2 is 1.20 bits per heavy atom. The number of hydrogen-bond donors (Lipinski definition) is 1. The predicted octanol–water partition coefficient (Wildman–Crippen LogP) is 2.04. The highest BCUT2D eigenvalue weighted by Gasteiger charge is 1.95. The second kappa shape index (κ2) is 20.3. The van der Waals surface area contributed by atoms with Gasteiger partial charge < -0.3 is 18.6 Å². The van der Waals surface area contributed by atoms with Crippen molar-refractivity contribution < 1.29 is 32.4 Å². The number of carbonyl (C=O) groups is 2. The lowest BCUT2D eigenvalue weighted by molar-refractivity contribution is -0.144. The number of hydrogen-bond acceptors (Lipinski definition) is 6. The summed E-state index contributed by atoms with van der Waals surface area (Å²) in [7, 11) is 0. The zero-order valence-corrected chi connectivity index (χ0v) is 13.4. The third kappa shape index (κ3) is 36.0. The van der Waals surface area contributed by atoms with Gasteiger partial charge in [0.2, 0.25) is 0 Å². The van der Waals surface area contributed by atoms with E-state index in [9.17, 15) is 9.59 Å². The van der Waals surface area contributed by atoms with E-state index in [4.69, 9.17) is 13.3 Å². The molecule has 0 aliphatic heterocycles. The molecule has 122 valence electrons. The normalized spacial score (nSPS) is 10.1. The molecule has 20 heavy (non-hydrogen) atoms. The van der Waals surface area contributed by atoms with Crippen molar-refractivity contribution in [1.82, 2.24) is 0 Å². The molecule has 0 aromatic rings. The van der Waals surface area contributed by atoms with Gasteiger partial charge in [-0.2, -0.15) is 0 Å². The van der Waals surface area contributed by atoms with Crippen molar-refractivity contribution in [3.8, 4) is 0 Å². The molecule has 0 saturated carbocycles. The Hall–Kier alpha value is -0.990. The second-order valence-corrected chi connectivity index (χ2v) is 3.76. The van der Waals surface area contributed by atoms with Crippen LogP contribution in [0.4, 0.5) is 0 Å². The number of esters is 2. The molecule has 0 aliphatic carbocycles. The molecule has 1 atom stereocenters.